The molecule has 0 fully saturated rings. The molecule has 3 N–H and O–H groups in total. The monoisotopic (exact) mass is 214 g/mol. The summed E-state index contributed by atoms with van der Waals surface area (Å²) in [6, 6.07) is 0. The molecule has 0 aromatic carbocycles. The van der Waals surface area contributed by atoms with Crippen molar-refractivity contribution in [2.45, 2.75) is 12.8 Å². The van der Waals surface area contributed by atoms with Crippen molar-refractivity contribution in [3.8, 4) is 0 Å². The van der Waals surface area contributed by atoms with Crippen molar-refractivity contribution >= 4 is 17.9 Å². The van der Waals surface area contributed by atoms with Crippen molar-refractivity contribution in [1.29, 1.82) is 0 Å². The van der Waals surface area contributed by atoms with Crippen LogP contribution in [0.2, 0.25) is 0 Å². The highest BCUT2D eigenvalue weighted by Crippen LogP contribution is 2.06. The minimum absolute atomic E-state index is 0.0224. The van der Waals surface area contributed by atoms with Crippen molar-refractivity contribution in [2.24, 2.45) is 0 Å². The Morgan fingerprint density at radius 2 is 1.60 bits per heavy atom. The summed E-state index contributed by atoms with van der Waals surface area (Å²) >= 11 is 0. The Morgan fingerprint density at radius 1 is 1.00 bits per heavy atom. The van der Waals surface area contributed by atoms with Crippen LogP contribution in [0, 0.1) is 0 Å². The van der Waals surface area contributed by atoms with Crippen LogP contribution in [0.3, 0.4) is 0 Å². The van der Waals surface area contributed by atoms with Crippen LogP contribution in [0.15, 0.2) is 23.8 Å². The summed E-state index contributed by atoms with van der Waals surface area (Å²) in [4.78, 5) is 30.7. The van der Waals surface area contributed by atoms with Crippen LogP contribution in [0.25, 0.3) is 0 Å². The number of rotatable bonds is 6. The fraction of sp³-hybridized carbons (Fsp3) is 0.222. The fourth-order valence-electron chi connectivity index (χ4n) is 0.813. The van der Waals surface area contributed by atoms with Gasteiger partial charge in [-0.3, -0.25) is 0 Å². The third-order valence-electron chi connectivity index (χ3n) is 1.41. The van der Waals surface area contributed by atoms with E-state index in [1.54, 1.807) is 0 Å². The second-order valence-electron chi connectivity index (χ2n) is 2.59. The van der Waals surface area contributed by atoms with Gasteiger partial charge in [-0.25, -0.2) is 14.4 Å². The number of carbonyl (C=O) groups is 3. The third kappa shape index (κ3) is 7.00. The first-order valence-corrected chi connectivity index (χ1v) is 3.99. The summed E-state index contributed by atoms with van der Waals surface area (Å²) in [5, 5.41) is 25.1. The lowest BCUT2D eigenvalue weighted by Crippen LogP contribution is -2.03. The number of hydrogen-bond donors (Lipinski definition) is 3. The van der Waals surface area contributed by atoms with Gasteiger partial charge in [0.1, 0.15) is 0 Å². The Morgan fingerprint density at radius 3 is 2.00 bits per heavy atom. The number of allylic oxidation sites excluding steroid dienone is 1. The fourth-order valence-corrected chi connectivity index (χ4v) is 0.813. The molecular formula is C9H10O6. The van der Waals surface area contributed by atoms with Crippen LogP contribution in [0.1, 0.15) is 12.8 Å². The molecule has 6 nitrogen and oxygen atoms in total. The van der Waals surface area contributed by atoms with Gasteiger partial charge in [-0.05, 0) is 12.8 Å². The first-order chi connectivity index (χ1) is 6.93. The number of carboxylic acid groups (broad SMARTS) is 3. The molecule has 0 bridgehead atoms. The Hall–Kier alpha value is -2.11. The Bertz CT molecular complexity index is 325. The summed E-state index contributed by atoms with van der Waals surface area (Å²) in [6.07, 6.45) is 2.88. The second kappa shape index (κ2) is 6.36. The first-order valence-electron chi connectivity index (χ1n) is 3.99. The van der Waals surface area contributed by atoms with Crippen molar-refractivity contribution in [3.05, 3.63) is 23.8 Å². The van der Waals surface area contributed by atoms with Gasteiger partial charge >= 0.3 is 17.9 Å². The molecule has 0 radical (unpaired) electrons. The molecule has 0 aliphatic carbocycles. The molecule has 0 amide bonds. The molecule has 0 aromatic heterocycles. The molecule has 0 aliphatic rings. The maximum atomic E-state index is 10.5. The van der Waals surface area contributed by atoms with E-state index >= 15 is 0 Å². The largest absolute Gasteiger partial charge is 0.478 e. The van der Waals surface area contributed by atoms with Crippen LogP contribution in [0.5, 0.6) is 0 Å². The van der Waals surface area contributed by atoms with Crippen LogP contribution in [0.4, 0.5) is 0 Å². The van der Waals surface area contributed by atoms with Gasteiger partial charge in [0.05, 0.1) is 0 Å². The van der Waals surface area contributed by atoms with Crippen LogP contribution < -0.4 is 0 Å². The molecule has 82 valence electrons. The quantitative estimate of drug-likeness (QED) is 0.555. The topological polar surface area (TPSA) is 112 Å². The molecule has 0 heterocycles. The van der Waals surface area contributed by atoms with Crippen molar-refractivity contribution in [2.75, 3.05) is 0 Å². The van der Waals surface area contributed by atoms with Gasteiger partial charge in [-0.1, -0.05) is 6.08 Å². The average molecular weight is 214 g/mol. The molecule has 0 saturated heterocycles. The SMILES string of the molecule is O=C(O)C=CCC/C(=C/C(=O)O)C(=O)O. The molecule has 0 spiro atoms. The van der Waals surface area contributed by atoms with E-state index < -0.39 is 17.9 Å². The van der Waals surface area contributed by atoms with E-state index in [2.05, 4.69) is 0 Å². The number of hydrogen-bond acceptors (Lipinski definition) is 3. The van der Waals surface area contributed by atoms with Gasteiger partial charge < -0.3 is 15.3 Å². The van der Waals surface area contributed by atoms with E-state index in [0.29, 0.717) is 6.08 Å². The maximum Gasteiger partial charge on any atom is 0.331 e. The lowest BCUT2D eigenvalue weighted by molar-refractivity contribution is -0.135. The summed E-state index contributed by atoms with van der Waals surface area (Å²) in [7, 11) is 0. The lowest BCUT2D eigenvalue weighted by Gasteiger charge is -1.97. The van der Waals surface area contributed by atoms with Gasteiger partial charge in [0.25, 0.3) is 0 Å². The van der Waals surface area contributed by atoms with Gasteiger partial charge in [0.15, 0.2) is 0 Å². The third-order valence-corrected chi connectivity index (χ3v) is 1.41. The molecule has 0 aromatic rings. The minimum atomic E-state index is -1.34. The van der Waals surface area contributed by atoms with Crippen LogP contribution in [-0.2, 0) is 14.4 Å². The summed E-state index contributed by atoms with van der Waals surface area (Å²) in [6.45, 7) is 0. The molecule has 6 heteroatoms. The van der Waals surface area contributed by atoms with E-state index in [4.69, 9.17) is 15.3 Å². The van der Waals surface area contributed by atoms with Crippen LogP contribution in [-0.4, -0.2) is 33.2 Å². The first kappa shape index (κ1) is 12.9. The average Bonchev–Trinajstić information content (AvgIpc) is 2.08. The molecule has 0 aliphatic heterocycles. The smallest absolute Gasteiger partial charge is 0.331 e. The summed E-state index contributed by atoms with van der Waals surface area (Å²) in [5.74, 6) is -3.79. The zero-order chi connectivity index (χ0) is 11.8. The van der Waals surface area contributed by atoms with Crippen LogP contribution >= 0.6 is 0 Å². The number of aliphatic carboxylic acids is 3. The normalized spacial score (nSPS) is 11.6. The standard InChI is InChI=1S/C9H10O6/c10-7(11)4-2-1-3-6(9(14)15)5-8(12)13/h2,4-5H,1,3H2,(H,10,11)(H,12,13)(H,14,15)/b4-2?,6-5-. The van der Waals surface area contributed by atoms with E-state index in [1.165, 1.54) is 6.08 Å². The molecule has 15 heavy (non-hydrogen) atoms. The zero-order valence-electron chi connectivity index (χ0n) is 7.71. The molecule has 0 unspecified atom stereocenters. The predicted octanol–water partition coefficient (Wildman–Crippen LogP) is 0.503. The van der Waals surface area contributed by atoms with Gasteiger partial charge in [0, 0.05) is 17.7 Å². The van der Waals surface area contributed by atoms with Gasteiger partial charge in [-0.15, -0.1) is 0 Å². The van der Waals surface area contributed by atoms with Crippen molar-refractivity contribution in [3.63, 3.8) is 0 Å². The number of carboxylic acids is 3. The lowest BCUT2D eigenvalue weighted by atomic mass is 10.1. The van der Waals surface area contributed by atoms with E-state index in [0.717, 1.165) is 6.08 Å². The van der Waals surface area contributed by atoms with Crippen molar-refractivity contribution in [1.82, 2.24) is 0 Å². The van der Waals surface area contributed by atoms with E-state index in [-0.39, 0.29) is 18.4 Å². The summed E-state index contributed by atoms with van der Waals surface area (Å²) < 4.78 is 0. The predicted molar refractivity (Wildman–Crippen MR) is 49.4 cm³/mol. The minimum Gasteiger partial charge on any atom is -0.478 e. The van der Waals surface area contributed by atoms with E-state index in [9.17, 15) is 14.4 Å². The van der Waals surface area contributed by atoms with Crippen molar-refractivity contribution < 1.29 is 29.7 Å². The maximum absolute atomic E-state index is 10.5. The Balaban J connectivity index is 4.27. The van der Waals surface area contributed by atoms with Gasteiger partial charge in [-0.2, -0.15) is 0 Å². The van der Waals surface area contributed by atoms with E-state index in [1.807, 2.05) is 0 Å². The molecular weight excluding hydrogens is 204 g/mol. The zero-order valence-corrected chi connectivity index (χ0v) is 7.71. The molecule has 0 saturated carbocycles. The highest BCUT2D eigenvalue weighted by atomic mass is 16.4. The summed E-state index contributed by atoms with van der Waals surface area (Å²) in [5.41, 5.74) is -0.266. The van der Waals surface area contributed by atoms with Gasteiger partial charge in [0.2, 0.25) is 0 Å². The molecule has 0 atom stereocenters. The second-order valence-corrected chi connectivity index (χ2v) is 2.59. The molecule has 0 rings (SSSR count). The Labute approximate surface area is 85.1 Å². The highest BCUT2D eigenvalue weighted by molar-refractivity contribution is 5.94. The Kier molecular flexibility index (Phi) is 5.47. The highest BCUT2D eigenvalue weighted by Gasteiger charge is 2.07.